The Kier molecular flexibility index (Phi) is 3.42. The van der Waals surface area contributed by atoms with Crippen LogP contribution in [0.25, 0.3) is 21.9 Å². The molecule has 0 radical (unpaired) electrons. The highest BCUT2D eigenvalue weighted by Gasteiger charge is 2.18. The molecule has 0 unspecified atom stereocenters. The van der Waals surface area contributed by atoms with Gasteiger partial charge in [0.05, 0.1) is 0 Å². The average Bonchev–Trinajstić information content (AvgIpc) is 2.91. The van der Waals surface area contributed by atoms with Crippen LogP contribution >= 0.6 is 0 Å². The number of benzene rings is 2. The van der Waals surface area contributed by atoms with E-state index < -0.39 is 5.63 Å². The first-order valence-electron chi connectivity index (χ1n) is 7.86. The summed E-state index contributed by atoms with van der Waals surface area (Å²) in [7, 11) is 0. The second-order valence-electron chi connectivity index (χ2n) is 6.02. The van der Waals surface area contributed by atoms with Crippen molar-refractivity contribution in [2.24, 2.45) is 0 Å². The number of nitrogens with one attached hydrogen (secondary N) is 1. The summed E-state index contributed by atoms with van der Waals surface area (Å²) >= 11 is 0. The van der Waals surface area contributed by atoms with Gasteiger partial charge in [0, 0.05) is 28.1 Å². The third kappa shape index (κ3) is 2.70. The minimum absolute atomic E-state index is 0.292. The molecular weight excluding hydrogens is 318 g/mol. The second-order valence-corrected chi connectivity index (χ2v) is 6.02. The summed E-state index contributed by atoms with van der Waals surface area (Å²) < 4.78 is 10.8. The molecule has 124 valence electrons. The van der Waals surface area contributed by atoms with Crippen LogP contribution in [-0.4, -0.2) is 5.91 Å². The van der Waals surface area contributed by atoms with Crippen molar-refractivity contribution in [1.82, 2.24) is 0 Å². The molecule has 0 spiro atoms. The monoisotopic (exact) mass is 333 g/mol. The maximum absolute atomic E-state index is 12.6. The lowest BCUT2D eigenvalue weighted by Crippen LogP contribution is -2.12. The van der Waals surface area contributed by atoms with E-state index in [1.165, 1.54) is 6.07 Å². The molecule has 0 bridgehead atoms. The molecule has 1 amide bonds. The Bertz CT molecular complexity index is 1180. The lowest BCUT2D eigenvalue weighted by Gasteiger charge is -2.05. The standard InChI is InChI=1S/C20H15NO4/c1-11-3-6-15-12(2)19(25-17(15)9-11)20(23)21-14-5-7-16-13(10-14)4-8-18(22)24-16/h3-10H,1-2H3,(H,21,23). The number of furan rings is 1. The number of fused-ring (bicyclic) bond motifs is 2. The van der Waals surface area contributed by atoms with Gasteiger partial charge in [0.15, 0.2) is 5.76 Å². The molecular formula is C20H15NO4. The Morgan fingerprint density at radius 1 is 0.920 bits per heavy atom. The van der Waals surface area contributed by atoms with Crippen LogP contribution in [0, 0.1) is 13.8 Å². The Hall–Kier alpha value is -3.34. The second kappa shape index (κ2) is 5.63. The van der Waals surface area contributed by atoms with E-state index in [0.717, 1.165) is 21.9 Å². The first-order valence-corrected chi connectivity index (χ1v) is 7.86. The highest BCUT2D eigenvalue weighted by atomic mass is 16.4. The number of anilines is 1. The number of aryl methyl sites for hydroxylation is 2. The van der Waals surface area contributed by atoms with Crippen molar-refractivity contribution in [3.05, 3.63) is 75.8 Å². The number of rotatable bonds is 2. The first-order chi connectivity index (χ1) is 12.0. The average molecular weight is 333 g/mol. The van der Waals surface area contributed by atoms with Crippen LogP contribution in [0.5, 0.6) is 0 Å². The van der Waals surface area contributed by atoms with Gasteiger partial charge in [0.2, 0.25) is 0 Å². The summed E-state index contributed by atoms with van der Waals surface area (Å²) in [6.07, 6.45) is 0. The van der Waals surface area contributed by atoms with E-state index in [2.05, 4.69) is 5.32 Å². The van der Waals surface area contributed by atoms with Gasteiger partial charge in [-0.05, 0) is 49.7 Å². The van der Waals surface area contributed by atoms with Crippen molar-refractivity contribution < 1.29 is 13.6 Å². The van der Waals surface area contributed by atoms with Crippen LogP contribution in [0.1, 0.15) is 21.7 Å². The summed E-state index contributed by atoms with van der Waals surface area (Å²) in [6.45, 7) is 3.84. The molecule has 4 rings (SSSR count). The summed E-state index contributed by atoms with van der Waals surface area (Å²) in [5.41, 5.74) is 3.24. The molecule has 0 saturated heterocycles. The van der Waals surface area contributed by atoms with Crippen molar-refractivity contribution in [2.45, 2.75) is 13.8 Å². The van der Waals surface area contributed by atoms with Crippen LogP contribution in [0.15, 0.2) is 62.2 Å². The van der Waals surface area contributed by atoms with Gasteiger partial charge in [0.1, 0.15) is 11.2 Å². The number of hydrogen-bond donors (Lipinski definition) is 1. The van der Waals surface area contributed by atoms with Gasteiger partial charge in [-0.2, -0.15) is 0 Å². The molecule has 5 heteroatoms. The maximum atomic E-state index is 12.6. The van der Waals surface area contributed by atoms with E-state index in [1.807, 2.05) is 32.0 Å². The number of amides is 1. The molecule has 4 aromatic rings. The molecule has 2 heterocycles. The highest BCUT2D eigenvalue weighted by molar-refractivity contribution is 6.07. The Labute approximate surface area is 142 Å². The first kappa shape index (κ1) is 15.2. The third-order valence-corrected chi connectivity index (χ3v) is 4.18. The molecule has 0 aliphatic heterocycles. The van der Waals surface area contributed by atoms with E-state index in [4.69, 9.17) is 8.83 Å². The highest BCUT2D eigenvalue weighted by Crippen LogP contribution is 2.27. The molecule has 0 saturated carbocycles. The van der Waals surface area contributed by atoms with Crippen molar-refractivity contribution in [2.75, 3.05) is 5.32 Å². The van der Waals surface area contributed by atoms with E-state index in [-0.39, 0.29) is 5.91 Å². The van der Waals surface area contributed by atoms with Gasteiger partial charge < -0.3 is 14.2 Å². The molecule has 2 aromatic heterocycles. The van der Waals surface area contributed by atoms with Crippen molar-refractivity contribution in [3.8, 4) is 0 Å². The fourth-order valence-corrected chi connectivity index (χ4v) is 2.89. The van der Waals surface area contributed by atoms with Crippen molar-refractivity contribution in [3.63, 3.8) is 0 Å². The lowest BCUT2D eigenvalue weighted by atomic mass is 10.1. The quantitative estimate of drug-likeness (QED) is 0.552. The fraction of sp³-hybridized carbons (Fsp3) is 0.100. The van der Waals surface area contributed by atoms with E-state index in [9.17, 15) is 9.59 Å². The Morgan fingerprint density at radius 3 is 2.60 bits per heavy atom. The summed E-state index contributed by atoms with van der Waals surface area (Å²) in [4.78, 5) is 23.8. The normalized spacial score (nSPS) is 11.1. The summed E-state index contributed by atoms with van der Waals surface area (Å²) in [5.74, 6) is -0.0247. The molecule has 1 N–H and O–H groups in total. The largest absolute Gasteiger partial charge is 0.451 e. The van der Waals surface area contributed by atoms with Crippen LogP contribution in [0.3, 0.4) is 0 Å². The number of carbonyl (C=O) groups excluding carboxylic acids is 1. The molecule has 5 nitrogen and oxygen atoms in total. The van der Waals surface area contributed by atoms with Crippen molar-refractivity contribution >= 4 is 33.5 Å². The van der Waals surface area contributed by atoms with E-state index >= 15 is 0 Å². The number of carbonyl (C=O) groups is 1. The lowest BCUT2D eigenvalue weighted by molar-refractivity contribution is 0.0998. The van der Waals surface area contributed by atoms with Gasteiger partial charge in [0.25, 0.3) is 5.91 Å². The minimum Gasteiger partial charge on any atom is -0.451 e. The summed E-state index contributed by atoms with van der Waals surface area (Å²) in [6, 6.07) is 14.0. The predicted octanol–water partition coefficient (Wildman–Crippen LogP) is 4.41. The molecule has 0 aliphatic rings. The molecule has 0 aliphatic carbocycles. The predicted molar refractivity (Wildman–Crippen MR) is 96.1 cm³/mol. The summed E-state index contributed by atoms with van der Waals surface area (Å²) in [5, 5.41) is 4.49. The van der Waals surface area contributed by atoms with Gasteiger partial charge in [-0.25, -0.2) is 4.79 Å². The molecule has 0 atom stereocenters. The Morgan fingerprint density at radius 2 is 1.76 bits per heavy atom. The topological polar surface area (TPSA) is 72.5 Å². The van der Waals surface area contributed by atoms with Crippen LogP contribution in [-0.2, 0) is 0 Å². The zero-order valence-electron chi connectivity index (χ0n) is 13.8. The van der Waals surface area contributed by atoms with Gasteiger partial charge in [-0.3, -0.25) is 4.79 Å². The van der Waals surface area contributed by atoms with Crippen molar-refractivity contribution in [1.29, 1.82) is 0 Å². The van der Waals surface area contributed by atoms with Gasteiger partial charge in [-0.15, -0.1) is 0 Å². The minimum atomic E-state index is -0.405. The maximum Gasteiger partial charge on any atom is 0.336 e. The van der Waals surface area contributed by atoms with Gasteiger partial charge in [-0.1, -0.05) is 12.1 Å². The van der Waals surface area contributed by atoms with E-state index in [1.54, 1.807) is 24.3 Å². The Balaban J connectivity index is 1.69. The van der Waals surface area contributed by atoms with Crippen LogP contribution < -0.4 is 10.9 Å². The fourth-order valence-electron chi connectivity index (χ4n) is 2.89. The molecule has 2 aromatic carbocycles. The third-order valence-electron chi connectivity index (χ3n) is 4.18. The molecule has 25 heavy (non-hydrogen) atoms. The number of hydrogen-bond acceptors (Lipinski definition) is 4. The smallest absolute Gasteiger partial charge is 0.336 e. The zero-order chi connectivity index (χ0) is 17.6. The van der Waals surface area contributed by atoms with Crippen LogP contribution in [0.2, 0.25) is 0 Å². The SMILES string of the molecule is Cc1ccc2c(C)c(C(=O)Nc3ccc4oc(=O)ccc4c3)oc2c1. The van der Waals surface area contributed by atoms with Gasteiger partial charge >= 0.3 is 5.63 Å². The molecule has 0 fully saturated rings. The zero-order valence-corrected chi connectivity index (χ0v) is 13.8. The van der Waals surface area contributed by atoms with Crippen LogP contribution in [0.4, 0.5) is 5.69 Å². The van der Waals surface area contributed by atoms with E-state index in [0.29, 0.717) is 22.6 Å².